The van der Waals surface area contributed by atoms with Crippen LogP contribution >= 0.6 is 0 Å². The molecule has 3 fully saturated rings. The quantitative estimate of drug-likeness (QED) is 0.826. The Morgan fingerprint density at radius 3 is 2.56 bits per heavy atom. The molecule has 0 saturated carbocycles. The third-order valence-electron chi connectivity index (χ3n) is 5.68. The van der Waals surface area contributed by atoms with Gasteiger partial charge in [0, 0.05) is 45.8 Å². The Bertz CT molecular complexity index is 663. The molecule has 0 aromatic carbocycles. The van der Waals surface area contributed by atoms with Gasteiger partial charge in [0.1, 0.15) is 11.6 Å². The van der Waals surface area contributed by atoms with E-state index in [0.29, 0.717) is 13.2 Å². The van der Waals surface area contributed by atoms with Crippen LogP contribution in [0.2, 0.25) is 0 Å². The number of nitrogens with two attached hydrogens (primary N) is 1. The van der Waals surface area contributed by atoms with Crippen LogP contribution in [0.5, 0.6) is 0 Å². The van der Waals surface area contributed by atoms with Gasteiger partial charge < -0.3 is 25.2 Å². The molecule has 3 aliphatic heterocycles. The summed E-state index contributed by atoms with van der Waals surface area (Å²) in [6.07, 6.45) is 2.91. The molecule has 4 rings (SSSR count). The average molecular weight is 346 g/mol. The van der Waals surface area contributed by atoms with Crippen molar-refractivity contribution in [3.63, 3.8) is 0 Å². The predicted molar refractivity (Wildman–Crippen MR) is 95.6 cm³/mol. The molecule has 0 aliphatic carbocycles. The monoisotopic (exact) mass is 346 g/mol. The summed E-state index contributed by atoms with van der Waals surface area (Å²) in [5.41, 5.74) is 5.71. The Balaban J connectivity index is 1.56. The van der Waals surface area contributed by atoms with Crippen LogP contribution in [-0.2, 0) is 9.53 Å². The van der Waals surface area contributed by atoms with Crippen LogP contribution in [0, 0.1) is 5.41 Å². The van der Waals surface area contributed by atoms with Gasteiger partial charge in [-0.05, 0) is 19.3 Å². The van der Waals surface area contributed by atoms with E-state index in [1.165, 1.54) is 0 Å². The molecule has 8 nitrogen and oxygen atoms in total. The maximum atomic E-state index is 12.7. The predicted octanol–water partition coefficient (Wildman–Crippen LogP) is 0.344. The van der Waals surface area contributed by atoms with Crippen molar-refractivity contribution in [1.82, 2.24) is 14.9 Å². The van der Waals surface area contributed by atoms with Gasteiger partial charge in [0.15, 0.2) is 0 Å². The van der Waals surface area contributed by atoms with Crippen LogP contribution < -0.4 is 15.5 Å². The summed E-state index contributed by atoms with van der Waals surface area (Å²) in [5, 5.41) is 0. The van der Waals surface area contributed by atoms with Gasteiger partial charge in [-0.2, -0.15) is 9.97 Å². The lowest BCUT2D eigenvalue weighted by Crippen LogP contribution is -2.48. The SMILES string of the molecule is CN1CCCC2(CCN(c3cc(N4CCOCC4)nc(N)n3)C2)C1=O. The minimum atomic E-state index is -0.258. The summed E-state index contributed by atoms with van der Waals surface area (Å²) >= 11 is 0. The van der Waals surface area contributed by atoms with Gasteiger partial charge in [0.25, 0.3) is 0 Å². The highest BCUT2D eigenvalue weighted by molar-refractivity contribution is 5.84. The molecule has 0 bridgehead atoms. The lowest BCUT2D eigenvalue weighted by Gasteiger charge is -2.37. The van der Waals surface area contributed by atoms with Crippen LogP contribution in [-0.4, -0.2) is 73.8 Å². The number of nitrogens with zero attached hydrogens (tertiary/aromatic N) is 5. The van der Waals surface area contributed by atoms with E-state index in [2.05, 4.69) is 19.8 Å². The number of carbonyl (C=O) groups is 1. The topological polar surface area (TPSA) is 87.8 Å². The average Bonchev–Trinajstić information content (AvgIpc) is 3.05. The molecule has 8 heteroatoms. The fourth-order valence-corrected chi connectivity index (χ4v) is 4.27. The lowest BCUT2D eigenvalue weighted by molar-refractivity contribution is -0.143. The zero-order valence-corrected chi connectivity index (χ0v) is 14.8. The molecule has 2 N–H and O–H groups in total. The van der Waals surface area contributed by atoms with Crippen LogP contribution in [0.25, 0.3) is 0 Å². The summed E-state index contributed by atoms with van der Waals surface area (Å²) in [6, 6.07) is 2.00. The van der Waals surface area contributed by atoms with Gasteiger partial charge in [-0.3, -0.25) is 4.79 Å². The molecule has 4 heterocycles. The number of hydrogen-bond donors (Lipinski definition) is 1. The van der Waals surface area contributed by atoms with Crippen molar-refractivity contribution < 1.29 is 9.53 Å². The third kappa shape index (κ3) is 2.99. The van der Waals surface area contributed by atoms with Gasteiger partial charge >= 0.3 is 0 Å². The van der Waals surface area contributed by atoms with E-state index in [1.807, 2.05) is 18.0 Å². The Morgan fingerprint density at radius 2 is 1.80 bits per heavy atom. The fourth-order valence-electron chi connectivity index (χ4n) is 4.27. The van der Waals surface area contributed by atoms with E-state index in [0.717, 1.165) is 63.6 Å². The number of hydrogen-bond acceptors (Lipinski definition) is 7. The maximum absolute atomic E-state index is 12.7. The van der Waals surface area contributed by atoms with Crippen molar-refractivity contribution in [3.05, 3.63) is 6.07 Å². The number of rotatable bonds is 2. The largest absolute Gasteiger partial charge is 0.378 e. The first-order valence-electron chi connectivity index (χ1n) is 9.05. The number of carbonyl (C=O) groups excluding carboxylic acids is 1. The smallest absolute Gasteiger partial charge is 0.230 e. The lowest BCUT2D eigenvalue weighted by atomic mass is 9.78. The molecular weight excluding hydrogens is 320 g/mol. The molecule has 1 unspecified atom stereocenters. The van der Waals surface area contributed by atoms with Crippen molar-refractivity contribution >= 4 is 23.5 Å². The van der Waals surface area contributed by atoms with Gasteiger partial charge in [-0.25, -0.2) is 0 Å². The van der Waals surface area contributed by atoms with Gasteiger partial charge in [0.2, 0.25) is 11.9 Å². The minimum Gasteiger partial charge on any atom is -0.378 e. The molecule has 1 aromatic rings. The number of morpholine rings is 1. The summed E-state index contributed by atoms with van der Waals surface area (Å²) in [5.74, 6) is 2.23. The zero-order chi connectivity index (χ0) is 17.4. The number of ether oxygens (including phenoxy) is 1. The van der Waals surface area contributed by atoms with Crippen molar-refractivity contribution in [3.8, 4) is 0 Å². The fraction of sp³-hybridized carbons (Fsp3) is 0.706. The number of anilines is 3. The van der Waals surface area contributed by atoms with E-state index in [-0.39, 0.29) is 17.3 Å². The number of amides is 1. The number of likely N-dealkylation sites (tertiary alicyclic amines) is 1. The van der Waals surface area contributed by atoms with Crippen molar-refractivity contribution in [2.45, 2.75) is 19.3 Å². The Labute approximate surface area is 147 Å². The molecule has 25 heavy (non-hydrogen) atoms. The van der Waals surface area contributed by atoms with Gasteiger partial charge in [0.05, 0.1) is 18.6 Å². The summed E-state index contributed by atoms with van der Waals surface area (Å²) in [4.78, 5) is 27.8. The Morgan fingerprint density at radius 1 is 1.08 bits per heavy atom. The van der Waals surface area contributed by atoms with Crippen LogP contribution in [0.4, 0.5) is 17.6 Å². The van der Waals surface area contributed by atoms with Crippen molar-refractivity contribution in [2.24, 2.45) is 5.41 Å². The highest BCUT2D eigenvalue weighted by Gasteiger charge is 2.47. The number of nitrogen functional groups attached to an aromatic ring is 1. The third-order valence-corrected chi connectivity index (χ3v) is 5.68. The molecule has 3 saturated heterocycles. The zero-order valence-electron chi connectivity index (χ0n) is 14.8. The van der Waals surface area contributed by atoms with Crippen LogP contribution in [0.1, 0.15) is 19.3 Å². The van der Waals surface area contributed by atoms with Gasteiger partial charge in [-0.15, -0.1) is 0 Å². The van der Waals surface area contributed by atoms with E-state index >= 15 is 0 Å². The molecule has 3 aliphatic rings. The van der Waals surface area contributed by atoms with E-state index in [9.17, 15) is 4.79 Å². The second-order valence-corrected chi connectivity index (χ2v) is 7.32. The first-order valence-corrected chi connectivity index (χ1v) is 9.05. The Kier molecular flexibility index (Phi) is 4.15. The summed E-state index contributed by atoms with van der Waals surface area (Å²) in [6.45, 7) is 5.43. The first-order chi connectivity index (χ1) is 12.1. The summed E-state index contributed by atoms with van der Waals surface area (Å²) in [7, 11) is 1.91. The second kappa shape index (κ2) is 6.33. The highest BCUT2D eigenvalue weighted by atomic mass is 16.5. The maximum Gasteiger partial charge on any atom is 0.230 e. The molecule has 0 radical (unpaired) electrons. The molecule has 1 spiro atoms. The van der Waals surface area contributed by atoms with Crippen LogP contribution in [0.15, 0.2) is 6.07 Å². The highest BCUT2D eigenvalue weighted by Crippen LogP contribution is 2.41. The normalized spacial score (nSPS) is 27.4. The minimum absolute atomic E-state index is 0.258. The molecular formula is C17H26N6O2. The molecule has 1 amide bonds. The van der Waals surface area contributed by atoms with E-state index in [1.54, 1.807) is 0 Å². The van der Waals surface area contributed by atoms with Crippen molar-refractivity contribution in [1.29, 1.82) is 0 Å². The summed E-state index contributed by atoms with van der Waals surface area (Å²) < 4.78 is 5.41. The van der Waals surface area contributed by atoms with E-state index < -0.39 is 0 Å². The molecule has 1 atom stereocenters. The van der Waals surface area contributed by atoms with E-state index in [4.69, 9.17) is 10.5 Å². The number of aromatic nitrogens is 2. The standard InChI is InChI=1S/C17H26N6O2/c1-21-5-2-3-17(15(21)24)4-6-23(12-17)14-11-13(19-16(18)20-14)22-7-9-25-10-8-22/h11H,2-10,12H2,1H3,(H2,18,19,20). The molecule has 136 valence electrons. The molecule has 1 aromatic heterocycles. The van der Waals surface area contributed by atoms with Crippen LogP contribution in [0.3, 0.4) is 0 Å². The van der Waals surface area contributed by atoms with Gasteiger partial charge in [-0.1, -0.05) is 0 Å². The number of piperidine rings is 1. The second-order valence-electron chi connectivity index (χ2n) is 7.32. The Hall–Kier alpha value is -2.09. The van der Waals surface area contributed by atoms with Crippen molar-refractivity contribution in [2.75, 3.05) is 68.5 Å². The first kappa shape index (κ1) is 16.4.